The Morgan fingerprint density at radius 1 is 1.32 bits per heavy atom. The first-order valence-electron chi connectivity index (χ1n) is 5.96. The first-order chi connectivity index (χ1) is 10.2. The van der Waals surface area contributed by atoms with Gasteiger partial charge < -0.3 is 10.1 Å². The van der Waals surface area contributed by atoms with Gasteiger partial charge in [0.2, 0.25) is 5.56 Å². The van der Waals surface area contributed by atoms with Gasteiger partial charge >= 0.3 is 5.97 Å². The van der Waals surface area contributed by atoms with Gasteiger partial charge in [-0.2, -0.15) is 0 Å². The quantitative estimate of drug-likeness (QED) is 0.783. The highest BCUT2D eigenvalue weighted by Gasteiger charge is 2.20. The van der Waals surface area contributed by atoms with Crippen molar-refractivity contribution in [3.05, 3.63) is 57.0 Å². The van der Waals surface area contributed by atoms with Crippen LogP contribution in [-0.2, 0) is 10.0 Å². The van der Waals surface area contributed by atoms with Gasteiger partial charge in [-0.05, 0) is 30.7 Å². The number of aryl methyl sites for hydroxylation is 1. The lowest BCUT2D eigenvalue weighted by atomic mass is 10.2. The Morgan fingerprint density at radius 3 is 2.55 bits per heavy atom. The summed E-state index contributed by atoms with van der Waals surface area (Å²) in [7, 11) is -4.02. The second kappa shape index (κ2) is 5.82. The number of benzene rings is 1. The van der Waals surface area contributed by atoms with E-state index in [-0.39, 0.29) is 26.7 Å². The molecule has 0 saturated heterocycles. The van der Waals surface area contributed by atoms with Gasteiger partial charge in [0.05, 0.1) is 16.3 Å². The number of aromatic carboxylic acids is 1. The molecule has 116 valence electrons. The number of sulfonamides is 1. The summed E-state index contributed by atoms with van der Waals surface area (Å²) in [5, 5.41) is 8.63. The molecule has 2 aromatic rings. The van der Waals surface area contributed by atoms with Crippen molar-refractivity contribution >= 4 is 33.3 Å². The van der Waals surface area contributed by atoms with Crippen molar-refractivity contribution in [1.82, 2.24) is 4.98 Å². The highest BCUT2D eigenvalue weighted by Crippen LogP contribution is 2.25. The fraction of sp³-hybridized carbons (Fsp3) is 0.0769. The van der Waals surface area contributed by atoms with Crippen LogP contribution in [0.1, 0.15) is 15.9 Å². The molecule has 9 heteroatoms. The van der Waals surface area contributed by atoms with Crippen molar-refractivity contribution in [2.24, 2.45) is 0 Å². The fourth-order valence-electron chi connectivity index (χ4n) is 1.73. The van der Waals surface area contributed by atoms with Crippen LogP contribution in [0, 0.1) is 6.92 Å². The molecule has 2 rings (SSSR count). The summed E-state index contributed by atoms with van der Waals surface area (Å²) in [6.07, 6.45) is 1.23. The molecule has 0 atom stereocenters. The van der Waals surface area contributed by atoms with E-state index in [0.29, 0.717) is 5.56 Å². The van der Waals surface area contributed by atoms with Gasteiger partial charge in [0.1, 0.15) is 4.90 Å². The number of halogens is 1. The molecule has 1 aromatic heterocycles. The van der Waals surface area contributed by atoms with Gasteiger partial charge in [-0.3, -0.25) is 9.52 Å². The first-order valence-corrected chi connectivity index (χ1v) is 7.82. The van der Waals surface area contributed by atoms with E-state index in [2.05, 4.69) is 9.71 Å². The van der Waals surface area contributed by atoms with Crippen LogP contribution in [-0.4, -0.2) is 24.5 Å². The molecule has 0 aliphatic carbocycles. The topological polar surface area (TPSA) is 116 Å². The van der Waals surface area contributed by atoms with Crippen LogP contribution in [0.2, 0.25) is 5.02 Å². The van der Waals surface area contributed by atoms with E-state index in [1.807, 2.05) is 0 Å². The summed E-state index contributed by atoms with van der Waals surface area (Å²) < 4.78 is 26.9. The Bertz CT molecular complexity index is 905. The zero-order valence-corrected chi connectivity index (χ0v) is 12.8. The number of carbonyl (C=O) groups is 1. The average Bonchev–Trinajstić information content (AvgIpc) is 2.41. The minimum absolute atomic E-state index is 0.121. The van der Waals surface area contributed by atoms with Crippen LogP contribution in [0.3, 0.4) is 0 Å². The van der Waals surface area contributed by atoms with E-state index in [4.69, 9.17) is 16.7 Å². The van der Waals surface area contributed by atoms with Crippen LogP contribution < -0.4 is 10.3 Å². The number of rotatable bonds is 4. The molecule has 0 bridgehead atoms. The molecule has 1 heterocycles. The zero-order chi connectivity index (χ0) is 16.5. The Balaban J connectivity index is 2.42. The lowest BCUT2D eigenvalue weighted by Gasteiger charge is -2.11. The largest absolute Gasteiger partial charge is 0.478 e. The smallest absolute Gasteiger partial charge is 0.335 e. The Kier molecular flexibility index (Phi) is 4.25. The van der Waals surface area contributed by atoms with Crippen molar-refractivity contribution < 1.29 is 18.3 Å². The number of hydrogen-bond acceptors (Lipinski definition) is 4. The molecule has 3 N–H and O–H groups in total. The number of aromatic amines is 1. The summed E-state index contributed by atoms with van der Waals surface area (Å²) in [5.41, 5.74) is 0.150. The van der Waals surface area contributed by atoms with Crippen LogP contribution in [0.25, 0.3) is 0 Å². The maximum Gasteiger partial charge on any atom is 0.335 e. The Hall–Kier alpha value is -2.32. The fourth-order valence-corrected chi connectivity index (χ4v) is 3.40. The minimum atomic E-state index is -4.02. The molecule has 0 saturated carbocycles. The second-order valence-electron chi connectivity index (χ2n) is 4.45. The number of hydrogen-bond donors (Lipinski definition) is 3. The zero-order valence-electron chi connectivity index (χ0n) is 11.3. The third-order valence-corrected chi connectivity index (χ3v) is 4.69. The molecule has 0 fully saturated rings. The number of carboxylic acids is 1. The number of H-pyrrole nitrogens is 1. The molecule has 22 heavy (non-hydrogen) atoms. The first kappa shape index (κ1) is 16.1. The average molecular weight is 343 g/mol. The minimum Gasteiger partial charge on any atom is -0.478 e. The summed E-state index contributed by atoms with van der Waals surface area (Å²) in [6, 6.07) is 4.54. The third-order valence-electron chi connectivity index (χ3n) is 2.84. The highest BCUT2D eigenvalue weighted by atomic mass is 35.5. The molecule has 0 aliphatic heterocycles. The molecular weight excluding hydrogens is 332 g/mol. The van der Waals surface area contributed by atoms with Crippen LogP contribution in [0.4, 0.5) is 5.69 Å². The van der Waals surface area contributed by atoms with Crippen LogP contribution in [0.15, 0.2) is 40.2 Å². The Morgan fingerprint density at radius 2 is 2.00 bits per heavy atom. The molecule has 0 amide bonds. The summed E-state index contributed by atoms with van der Waals surface area (Å²) in [5.74, 6) is -1.21. The number of anilines is 1. The van der Waals surface area contributed by atoms with Gasteiger partial charge in [0, 0.05) is 12.3 Å². The van der Waals surface area contributed by atoms with E-state index in [0.717, 1.165) is 18.2 Å². The van der Waals surface area contributed by atoms with E-state index in [1.165, 1.54) is 12.3 Å². The Labute approximate surface area is 130 Å². The number of nitrogens with one attached hydrogen (secondary N) is 2. The summed E-state index contributed by atoms with van der Waals surface area (Å²) in [4.78, 5) is 24.0. The van der Waals surface area contributed by atoms with Crippen LogP contribution in [0.5, 0.6) is 0 Å². The predicted molar refractivity (Wildman–Crippen MR) is 81.0 cm³/mol. The predicted octanol–water partition coefficient (Wildman–Crippen LogP) is 1.84. The van der Waals surface area contributed by atoms with Gasteiger partial charge in [-0.15, -0.1) is 0 Å². The summed E-state index contributed by atoms with van der Waals surface area (Å²) >= 11 is 5.85. The second-order valence-corrected chi connectivity index (χ2v) is 6.51. The van der Waals surface area contributed by atoms with E-state index >= 15 is 0 Å². The standard InChI is InChI=1S/C13H11ClN2O5S/c1-7-4-12(17)15-6-10(7)16-22(20,21)11-3-2-8(13(18)19)5-9(11)14/h2-6,16H,1H3,(H,15,17)(H,18,19). The third kappa shape index (κ3) is 3.29. The maximum absolute atomic E-state index is 12.3. The van der Waals surface area contributed by atoms with Gasteiger partial charge in [-0.25, -0.2) is 13.2 Å². The van der Waals surface area contributed by atoms with E-state index < -0.39 is 16.0 Å². The van der Waals surface area contributed by atoms with E-state index in [1.54, 1.807) is 6.92 Å². The number of pyridine rings is 1. The SMILES string of the molecule is Cc1cc(=O)[nH]cc1NS(=O)(=O)c1ccc(C(=O)O)cc1Cl. The van der Waals surface area contributed by atoms with Gasteiger partial charge in [0.15, 0.2) is 0 Å². The normalized spacial score (nSPS) is 11.2. The maximum atomic E-state index is 12.3. The van der Waals surface area contributed by atoms with Crippen LogP contribution >= 0.6 is 11.6 Å². The number of carboxylic acid groups (broad SMARTS) is 1. The lowest BCUT2D eigenvalue weighted by Crippen LogP contribution is -2.16. The van der Waals surface area contributed by atoms with Gasteiger partial charge in [0.25, 0.3) is 10.0 Å². The molecule has 7 nitrogen and oxygen atoms in total. The molecule has 0 aliphatic rings. The molecule has 0 unspecified atom stereocenters. The van der Waals surface area contributed by atoms with Crippen molar-refractivity contribution in [3.8, 4) is 0 Å². The van der Waals surface area contributed by atoms with Crippen molar-refractivity contribution in [2.75, 3.05) is 4.72 Å². The monoisotopic (exact) mass is 342 g/mol. The number of aromatic nitrogens is 1. The molecule has 0 radical (unpaired) electrons. The van der Waals surface area contributed by atoms with Crippen molar-refractivity contribution in [2.45, 2.75) is 11.8 Å². The highest BCUT2D eigenvalue weighted by molar-refractivity contribution is 7.92. The van der Waals surface area contributed by atoms with E-state index in [9.17, 15) is 18.0 Å². The molecule has 1 aromatic carbocycles. The van der Waals surface area contributed by atoms with Gasteiger partial charge in [-0.1, -0.05) is 11.6 Å². The lowest BCUT2D eigenvalue weighted by molar-refractivity contribution is 0.0696. The van der Waals surface area contributed by atoms with Crippen molar-refractivity contribution in [1.29, 1.82) is 0 Å². The van der Waals surface area contributed by atoms with Crippen molar-refractivity contribution in [3.63, 3.8) is 0 Å². The summed E-state index contributed by atoms with van der Waals surface area (Å²) in [6.45, 7) is 1.57. The molecule has 0 spiro atoms. The molecular formula is C13H11ClN2O5S.